The van der Waals surface area contributed by atoms with Crippen LogP contribution in [0.15, 0.2) is 35.7 Å². The number of nitrogens with one attached hydrogen (secondary N) is 2. The quantitative estimate of drug-likeness (QED) is 0.613. The number of halogens is 1. The van der Waals surface area contributed by atoms with Crippen molar-refractivity contribution in [3.8, 4) is 0 Å². The zero-order chi connectivity index (χ0) is 14.5. The standard InChI is InChI=1S/C12H15ClN2O3S/c1-3-12(16)14-6-7-15-19(17,18)11-5-4-10(13)8-9(11)2/h3-5,8,15H,1,6-7H2,2H3,(H,14,16). The van der Waals surface area contributed by atoms with Gasteiger partial charge in [0.05, 0.1) is 4.90 Å². The molecule has 0 saturated carbocycles. The highest BCUT2D eigenvalue weighted by Crippen LogP contribution is 2.19. The Bertz CT molecular complexity index is 585. The molecule has 104 valence electrons. The van der Waals surface area contributed by atoms with E-state index in [9.17, 15) is 13.2 Å². The minimum Gasteiger partial charge on any atom is -0.351 e. The number of rotatable bonds is 6. The van der Waals surface area contributed by atoms with Crippen molar-refractivity contribution in [3.05, 3.63) is 41.4 Å². The van der Waals surface area contributed by atoms with Crippen LogP contribution in [-0.4, -0.2) is 27.4 Å². The third-order valence-corrected chi connectivity index (χ3v) is 4.18. The molecule has 1 rings (SSSR count). The van der Waals surface area contributed by atoms with Gasteiger partial charge in [0.25, 0.3) is 0 Å². The summed E-state index contributed by atoms with van der Waals surface area (Å²) in [5, 5.41) is 2.96. The van der Waals surface area contributed by atoms with Crippen molar-refractivity contribution in [3.63, 3.8) is 0 Å². The number of benzene rings is 1. The van der Waals surface area contributed by atoms with E-state index in [0.29, 0.717) is 10.6 Å². The summed E-state index contributed by atoms with van der Waals surface area (Å²) in [5.41, 5.74) is 0.565. The molecule has 0 bridgehead atoms. The highest BCUT2D eigenvalue weighted by Gasteiger charge is 2.16. The van der Waals surface area contributed by atoms with Gasteiger partial charge in [-0.2, -0.15) is 0 Å². The molecule has 0 saturated heterocycles. The van der Waals surface area contributed by atoms with Crippen LogP contribution in [-0.2, 0) is 14.8 Å². The summed E-state index contributed by atoms with van der Waals surface area (Å²) in [6.45, 7) is 5.25. The monoisotopic (exact) mass is 302 g/mol. The number of hydrogen-bond donors (Lipinski definition) is 2. The Morgan fingerprint density at radius 1 is 1.42 bits per heavy atom. The maximum absolute atomic E-state index is 12.0. The summed E-state index contributed by atoms with van der Waals surface area (Å²) < 4.78 is 26.4. The van der Waals surface area contributed by atoms with Crippen LogP contribution in [0, 0.1) is 6.92 Å². The molecular formula is C12H15ClN2O3S. The third kappa shape index (κ3) is 4.66. The molecule has 0 spiro atoms. The van der Waals surface area contributed by atoms with E-state index in [0.717, 1.165) is 6.08 Å². The minimum atomic E-state index is -3.60. The average Bonchev–Trinajstić information content (AvgIpc) is 2.33. The van der Waals surface area contributed by atoms with Gasteiger partial charge < -0.3 is 5.32 Å². The van der Waals surface area contributed by atoms with E-state index in [2.05, 4.69) is 16.6 Å². The summed E-state index contributed by atoms with van der Waals surface area (Å²) in [4.78, 5) is 11.0. The van der Waals surface area contributed by atoms with E-state index < -0.39 is 10.0 Å². The second kappa shape index (κ2) is 6.70. The first-order chi connectivity index (χ1) is 8.86. The molecule has 0 aromatic heterocycles. The fourth-order valence-electron chi connectivity index (χ4n) is 1.44. The number of amides is 1. The highest BCUT2D eigenvalue weighted by atomic mass is 35.5. The SMILES string of the molecule is C=CC(=O)NCCNS(=O)(=O)c1ccc(Cl)cc1C. The van der Waals surface area contributed by atoms with Gasteiger partial charge in [0, 0.05) is 18.1 Å². The van der Waals surface area contributed by atoms with Crippen LogP contribution in [0.4, 0.5) is 0 Å². The Hall–Kier alpha value is -1.37. The maximum Gasteiger partial charge on any atom is 0.243 e. The highest BCUT2D eigenvalue weighted by molar-refractivity contribution is 7.89. The van der Waals surface area contributed by atoms with Crippen molar-refractivity contribution in [2.75, 3.05) is 13.1 Å². The predicted molar refractivity (Wildman–Crippen MR) is 74.6 cm³/mol. The van der Waals surface area contributed by atoms with Gasteiger partial charge in [-0.05, 0) is 36.8 Å². The van der Waals surface area contributed by atoms with E-state index in [1.807, 2.05) is 0 Å². The summed E-state index contributed by atoms with van der Waals surface area (Å²) in [7, 11) is -3.60. The number of aryl methyl sites for hydroxylation is 1. The van der Waals surface area contributed by atoms with Crippen LogP contribution in [0.2, 0.25) is 5.02 Å². The molecule has 0 heterocycles. The van der Waals surface area contributed by atoms with Crippen molar-refractivity contribution >= 4 is 27.5 Å². The van der Waals surface area contributed by atoms with Crippen LogP contribution in [0.25, 0.3) is 0 Å². The third-order valence-electron chi connectivity index (χ3n) is 2.33. The number of hydrogen-bond acceptors (Lipinski definition) is 3. The Morgan fingerprint density at radius 2 is 2.11 bits per heavy atom. The smallest absolute Gasteiger partial charge is 0.243 e. The molecular weight excluding hydrogens is 288 g/mol. The van der Waals surface area contributed by atoms with Crippen molar-refractivity contribution in [2.24, 2.45) is 0 Å². The van der Waals surface area contributed by atoms with Crippen molar-refractivity contribution < 1.29 is 13.2 Å². The van der Waals surface area contributed by atoms with E-state index >= 15 is 0 Å². The lowest BCUT2D eigenvalue weighted by molar-refractivity contribution is -0.116. The molecule has 1 amide bonds. The van der Waals surface area contributed by atoms with Crippen LogP contribution in [0.1, 0.15) is 5.56 Å². The molecule has 0 fully saturated rings. The van der Waals surface area contributed by atoms with Gasteiger partial charge in [0.15, 0.2) is 0 Å². The van der Waals surface area contributed by atoms with Crippen LogP contribution in [0.5, 0.6) is 0 Å². The van der Waals surface area contributed by atoms with Gasteiger partial charge in [-0.15, -0.1) is 0 Å². The van der Waals surface area contributed by atoms with Gasteiger partial charge in [0.2, 0.25) is 15.9 Å². The normalized spacial score (nSPS) is 11.1. The fraction of sp³-hybridized carbons (Fsp3) is 0.250. The summed E-state index contributed by atoms with van der Waals surface area (Å²) >= 11 is 5.77. The molecule has 0 aliphatic carbocycles. The zero-order valence-corrected chi connectivity index (χ0v) is 12.0. The lowest BCUT2D eigenvalue weighted by Crippen LogP contribution is -2.34. The molecule has 0 aliphatic rings. The Labute approximate surface area is 117 Å². The van der Waals surface area contributed by atoms with Gasteiger partial charge in [0.1, 0.15) is 0 Å². The first kappa shape index (κ1) is 15.7. The van der Waals surface area contributed by atoms with Gasteiger partial charge in [-0.25, -0.2) is 13.1 Å². The molecule has 0 atom stereocenters. The molecule has 19 heavy (non-hydrogen) atoms. The summed E-state index contributed by atoms with van der Waals surface area (Å²) in [6, 6.07) is 4.54. The molecule has 5 nitrogen and oxygen atoms in total. The van der Waals surface area contributed by atoms with Crippen molar-refractivity contribution in [1.29, 1.82) is 0 Å². The topological polar surface area (TPSA) is 75.3 Å². The number of sulfonamides is 1. The first-order valence-electron chi connectivity index (χ1n) is 5.53. The Balaban J connectivity index is 2.66. The Morgan fingerprint density at radius 3 is 2.68 bits per heavy atom. The van der Waals surface area contributed by atoms with E-state index in [4.69, 9.17) is 11.6 Å². The summed E-state index contributed by atoms with van der Waals surface area (Å²) in [5.74, 6) is -0.345. The molecule has 7 heteroatoms. The van der Waals surface area contributed by atoms with Gasteiger partial charge in [-0.3, -0.25) is 4.79 Å². The van der Waals surface area contributed by atoms with E-state index in [1.165, 1.54) is 12.1 Å². The first-order valence-corrected chi connectivity index (χ1v) is 7.39. The van der Waals surface area contributed by atoms with Gasteiger partial charge >= 0.3 is 0 Å². The Kier molecular flexibility index (Phi) is 5.53. The van der Waals surface area contributed by atoms with E-state index in [1.54, 1.807) is 13.0 Å². The average molecular weight is 303 g/mol. The maximum atomic E-state index is 12.0. The van der Waals surface area contributed by atoms with Crippen LogP contribution < -0.4 is 10.0 Å². The zero-order valence-electron chi connectivity index (χ0n) is 10.4. The molecule has 1 aromatic carbocycles. The second-order valence-electron chi connectivity index (χ2n) is 3.80. The van der Waals surface area contributed by atoms with E-state index in [-0.39, 0.29) is 23.9 Å². The molecule has 0 aliphatic heterocycles. The molecule has 2 N–H and O–H groups in total. The minimum absolute atomic E-state index is 0.101. The number of carbonyl (C=O) groups is 1. The molecule has 0 radical (unpaired) electrons. The van der Waals surface area contributed by atoms with Crippen LogP contribution >= 0.6 is 11.6 Å². The predicted octanol–water partition coefficient (Wildman–Crippen LogP) is 1.23. The lowest BCUT2D eigenvalue weighted by atomic mass is 10.2. The summed E-state index contributed by atoms with van der Waals surface area (Å²) in [6.07, 6.45) is 1.12. The van der Waals surface area contributed by atoms with Gasteiger partial charge in [-0.1, -0.05) is 18.2 Å². The molecule has 1 aromatic rings. The van der Waals surface area contributed by atoms with Crippen molar-refractivity contribution in [2.45, 2.75) is 11.8 Å². The lowest BCUT2D eigenvalue weighted by Gasteiger charge is -2.09. The van der Waals surface area contributed by atoms with Crippen molar-refractivity contribution in [1.82, 2.24) is 10.0 Å². The van der Waals surface area contributed by atoms with Crippen LogP contribution in [0.3, 0.4) is 0 Å². The molecule has 0 unspecified atom stereocenters. The number of carbonyl (C=O) groups excluding carboxylic acids is 1. The second-order valence-corrected chi connectivity index (χ2v) is 5.97. The largest absolute Gasteiger partial charge is 0.351 e. The fourth-order valence-corrected chi connectivity index (χ4v) is 2.92.